The van der Waals surface area contributed by atoms with E-state index in [1.807, 2.05) is 47.4 Å². The Hall–Kier alpha value is -3.32. The fraction of sp³-hybridized carbons (Fsp3) is 0.217. The minimum absolute atomic E-state index is 0.0156. The number of carbonyl (C=O) groups excluding carboxylic acids is 1. The normalized spacial score (nSPS) is 14.3. The molecule has 0 bridgehead atoms. The third-order valence-electron chi connectivity index (χ3n) is 5.31. The summed E-state index contributed by atoms with van der Waals surface area (Å²) in [5.41, 5.74) is 0.568. The van der Waals surface area contributed by atoms with Gasteiger partial charge in [-0.2, -0.15) is 4.37 Å². The Kier molecular flexibility index (Phi) is 5.11. The number of nitrogens with zero attached hydrogens (tertiary/aromatic N) is 3. The van der Waals surface area contributed by atoms with E-state index < -0.39 is 0 Å². The number of fused-ring (bicyclic) bond motifs is 1. The number of para-hydroxylation sites is 1. The van der Waals surface area contributed by atoms with Crippen molar-refractivity contribution in [2.75, 3.05) is 31.1 Å². The molecule has 0 N–H and O–H groups in total. The van der Waals surface area contributed by atoms with Crippen molar-refractivity contribution >= 4 is 33.3 Å². The van der Waals surface area contributed by atoms with Crippen LogP contribution in [-0.2, 0) is 6.61 Å². The molecular formula is C23H21N3O3S. The van der Waals surface area contributed by atoms with Crippen LogP contribution < -0.4 is 9.64 Å². The molecule has 3 heterocycles. The van der Waals surface area contributed by atoms with E-state index in [0.717, 1.165) is 24.7 Å². The number of carbonyl (C=O) groups is 1. The molecule has 0 aliphatic carbocycles. The van der Waals surface area contributed by atoms with Gasteiger partial charge in [0.05, 0.1) is 16.5 Å². The maximum Gasteiger partial charge on any atom is 0.257 e. The summed E-state index contributed by atoms with van der Waals surface area (Å²) in [4.78, 5) is 17.2. The Morgan fingerprint density at radius 3 is 2.60 bits per heavy atom. The van der Waals surface area contributed by atoms with Crippen LogP contribution in [0, 0.1) is 0 Å². The van der Waals surface area contributed by atoms with Gasteiger partial charge in [-0.3, -0.25) is 4.79 Å². The summed E-state index contributed by atoms with van der Waals surface area (Å²) >= 11 is 1.52. The SMILES string of the molecule is O=C(c1ccoc1COc1ccccc1)N1CCN(c2nsc3ccccc23)CC1. The van der Waals surface area contributed by atoms with E-state index >= 15 is 0 Å². The molecule has 7 heteroatoms. The molecule has 30 heavy (non-hydrogen) atoms. The lowest BCUT2D eigenvalue weighted by molar-refractivity contribution is 0.0742. The maximum absolute atomic E-state index is 13.1. The highest BCUT2D eigenvalue weighted by Gasteiger charge is 2.27. The van der Waals surface area contributed by atoms with E-state index in [-0.39, 0.29) is 12.5 Å². The van der Waals surface area contributed by atoms with Crippen molar-refractivity contribution in [2.45, 2.75) is 6.61 Å². The van der Waals surface area contributed by atoms with Crippen molar-refractivity contribution in [2.24, 2.45) is 0 Å². The van der Waals surface area contributed by atoms with Crippen LogP contribution in [0.25, 0.3) is 10.1 Å². The number of hydrogen-bond acceptors (Lipinski definition) is 6. The highest BCUT2D eigenvalue weighted by Crippen LogP contribution is 2.30. The molecule has 0 spiro atoms. The average molecular weight is 420 g/mol. The summed E-state index contributed by atoms with van der Waals surface area (Å²) in [6.07, 6.45) is 1.55. The number of rotatable bonds is 5. The molecule has 0 atom stereocenters. The van der Waals surface area contributed by atoms with E-state index in [0.29, 0.717) is 24.4 Å². The summed E-state index contributed by atoms with van der Waals surface area (Å²) in [6, 6.07) is 19.5. The first-order valence-electron chi connectivity index (χ1n) is 9.92. The number of ether oxygens (including phenoxy) is 1. The van der Waals surface area contributed by atoms with Crippen molar-refractivity contribution in [3.63, 3.8) is 0 Å². The van der Waals surface area contributed by atoms with Crippen LogP contribution in [0.2, 0.25) is 0 Å². The second-order valence-corrected chi connectivity index (χ2v) is 7.95. The molecule has 6 nitrogen and oxygen atoms in total. The topological polar surface area (TPSA) is 58.8 Å². The molecule has 1 fully saturated rings. The van der Waals surface area contributed by atoms with E-state index in [4.69, 9.17) is 9.15 Å². The molecule has 5 rings (SSSR count). The quantitative estimate of drug-likeness (QED) is 0.479. The first-order valence-corrected chi connectivity index (χ1v) is 10.7. The molecule has 1 saturated heterocycles. The summed E-state index contributed by atoms with van der Waals surface area (Å²) in [5, 5.41) is 1.18. The third kappa shape index (κ3) is 3.64. The van der Waals surface area contributed by atoms with Gasteiger partial charge in [-0.1, -0.05) is 30.3 Å². The number of anilines is 1. The molecule has 0 saturated carbocycles. The molecule has 0 radical (unpaired) electrons. The van der Waals surface area contributed by atoms with Gasteiger partial charge in [0.2, 0.25) is 0 Å². The van der Waals surface area contributed by atoms with Crippen LogP contribution in [0.3, 0.4) is 0 Å². The van der Waals surface area contributed by atoms with Crippen LogP contribution >= 0.6 is 11.5 Å². The van der Waals surface area contributed by atoms with E-state index in [9.17, 15) is 4.79 Å². The smallest absolute Gasteiger partial charge is 0.257 e. The van der Waals surface area contributed by atoms with Gasteiger partial charge in [-0.25, -0.2) is 0 Å². The molecule has 152 valence electrons. The lowest BCUT2D eigenvalue weighted by Gasteiger charge is -2.35. The Bertz CT molecular complexity index is 1150. The van der Waals surface area contributed by atoms with Crippen LogP contribution in [0.15, 0.2) is 71.3 Å². The predicted molar refractivity (Wildman–Crippen MR) is 117 cm³/mol. The summed E-state index contributed by atoms with van der Waals surface area (Å²) in [6.45, 7) is 3.03. The van der Waals surface area contributed by atoms with Gasteiger partial charge in [0.1, 0.15) is 18.2 Å². The predicted octanol–water partition coefficient (Wildman–Crippen LogP) is 4.43. The summed E-state index contributed by atoms with van der Waals surface area (Å²) in [5.74, 6) is 2.30. The van der Waals surface area contributed by atoms with Gasteiger partial charge < -0.3 is 19.0 Å². The first-order chi connectivity index (χ1) is 14.8. The fourth-order valence-corrected chi connectivity index (χ4v) is 4.50. The standard InChI is InChI=1S/C23H21N3O3S/c27-23(18-10-15-28-20(18)16-29-17-6-2-1-3-7-17)26-13-11-25(12-14-26)22-19-8-4-5-9-21(19)30-24-22/h1-10,15H,11-14,16H2. The van der Waals surface area contributed by atoms with Gasteiger partial charge >= 0.3 is 0 Å². The Balaban J connectivity index is 1.24. The van der Waals surface area contributed by atoms with Crippen LogP contribution in [0.4, 0.5) is 5.82 Å². The third-order valence-corrected chi connectivity index (χ3v) is 6.13. The molecular weight excluding hydrogens is 398 g/mol. The minimum Gasteiger partial charge on any atom is -0.486 e. The minimum atomic E-state index is -0.0156. The zero-order valence-electron chi connectivity index (χ0n) is 16.4. The van der Waals surface area contributed by atoms with E-state index in [2.05, 4.69) is 21.4 Å². The van der Waals surface area contributed by atoms with Crippen molar-refractivity contribution in [3.8, 4) is 5.75 Å². The number of piperazine rings is 1. The summed E-state index contributed by atoms with van der Waals surface area (Å²) in [7, 11) is 0. The zero-order chi connectivity index (χ0) is 20.3. The second-order valence-electron chi connectivity index (χ2n) is 7.14. The maximum atomic E-state index is 13.1. The largest absolute Gasteiger partial charge is 0.486 e. The van der Waals surface area contributed by atoms with Gasteiger partial charge in [0, 0.05) is 31.6 Å². The van der Waals surface area contributed by atoms with Crippen molar-refractivity contribution in [3.05, 3.63) is 78.3 Å². The zero-order valence-corrected chi connectivity index (χ0v) is 17.2. The van der Waals surface area contributed by atoms with E-state index in [1.165, 1.54) is 21.6 Å². The number of amides is 1. The second kappa shape index (κ2) is 8.20. The highest BCUT2D eigenvalue weighted by atomic mass is 32.1. The highest BCUT2D eigenvalue weighted by molar-refractivity contribution is 7.13. The lowest BCUT2D eigenvalue weighted by atomic mass is 10.2. The van der Waals surface area contributed by atoms with Gasteiger partial charge in [-0.15, -0.1) is 0 Å². The molecule has 1 aliphatic rings. The molecule has 0 unspecified atom stereocenters. The molecule has 1 aliphatic heterocycles. The summed E-state index contributed by atoms with van der Waals surface area (Å²) < 4.78 is 17.1. The number of benzene rings is 2. The van der Waals surface area contributed by atoms with Gasteiger partial charge in [0.15, 0.2) is 5.76 Å². The van der Waals surface area contributed by atoms with Crippen molar-refractivity contribution in [1.82, 2.24) is 9.27 Å². The molecule has 2 aromatic carbocycles. The monoisotopic (exact) mass is 419 g/mol. The number of furan rings is 1. The molecule has 2 aromatic heterocycles. The average Bonchev–Trinajstić information content (AvgIpc) is 3.45. The van der Waals surface area contributed by atoms with Gasteiger partial charge in [-0.05, 0) is 41.9 Å². The van der Waals surface area contributed by atoms with Crippen molar-refractivity contribution in [1.29, 1.82) is 0 Å². The fourth-order valence-electron chi connectivity index (χ4n) is 3.70. The Labute approximate surface area is 178 Å². The Morgan fingerprint density at radius 2 is 1.77 bits per heavy atom. The number of aromatic nitrogens is 1. The Morgan fingerprint density at radius 1 is 1.00 bits per heavy atom. The van der Waals surface area contributed by atoms with Crippen LogP contribution in [0.5, 0.6) is 5.75 Å². The number of hydrogen-bond donors (Lipinski definition) is 0. The van der Waals surface area contributed by atoms with Gasteiger partial charge in [0.25, 0.3) is 5.91 Å². The van der Waals surface area contributed by atoms with Crippen molar-refractivity contribution < 1.29 is 13.9 Å². The molecule has 1 amide bonds. The first kappa shape index (κ1) is 18.7. The van der Waals surface area contributed by atoms with Crippen LogP contribution in [0.1, 0.15) is 16.1 Å². The van der Waals surface area contributed by atoms with Crippen LogP contribution in [-0.4, -0.2) is 41.4 Å². The lowest BCUT2D eigenvalue weighted by Crippen LogP contribution is -2.49. The molecule has 4 aromatic rings. The van der Waals surface area contributed by atoms with E-state index in [1.54, 1.807) is 12.3 Å².